The van der Waals surface area contributed by atoms with Crippen molar-refractivity contribution in [1.82, 2.24) is 5.32 Å². The van der Waals surface area contributed by atoms with Crippen molar-refractivity contribution in [3.8, 4) is 5.75 Å². The minimum atomic E-state index is -0.731. The summed E-state index contributed by atoms with van der Waals surface area (Å²) in [6.45, 7) is 0. The lowest BCUT2D eigenvalue weighted by Crippen LogP contribution is -2.28. The number of thioether (sulfide) groups is 1. The average molecular weight is 244 g/mol. The normalized spacial score (nSPS) is 19.2. The maximum atomic E-state index is 13.4. The first-order valence-corrected chi connectivity index (χ1v) is 5.47. The van der Waals surface area contributed by atoms with Crippen LogP contribution in [0.5, 0.6) is 5.75 Å². The highest BCUT2D eigenvalue weighted by atomic mass is 32.2. The molecule has 0 fully saturated rings. The van der Waals surface area contributed by atoms with Gasteiger partial charge in [-0.15, -0.1) is 0 Å². The minimum absolute atomic E-state index is 0.275. The van der Waals surface area contributed by atoms with E-state index in [1.807, 2.05) is 0 Å². The number of nitrogens with one attached hydrogen (secondary N) is 1. The van der Waals surface area contributed by atoms with Crippen LogP contribution in [0.25, 0.3) is 5.70 Å². The lowest BCUT2D eigenvalue weighted by atomic mass is 10.1. The summed E-state index contributed by atoms with van der Waals surface area (Å²) in [5.74, 6) is -1.84. The summed E-state index contributed by atoms with van der Waals surface area (Å²) in [7, 11) is 1.22. The van der Waals surface area contributed by atoms with E-state index in [1.54, 1.807) is 5.41 Å². The van der Waals surface area contributed by atoms with Crippen molar-refractivity contribution in [3.63, 3.8) is 0 Å². The van der Waals surface area contributed by atoms with E-state index in [4.69, 9.17) is 5.73 Å². The first kappa shape index (κ1) is 11.2. The van der Waals surface area contributed by atoms with E-state index in [0.29, 0.717) is 11.3 Å². The zero-order valence-electron chi connectivity index (χ0n) is 8.46. The lowest BCUT2D eigenvalue weighted by molar-refractivity contribution is 0.359. The summed E-state index contributed by atoms with van der Waals surface area (Å²) >= 11 is 1.35. The van der Waals surface area contributed by atoms with E-state index < -0.39 is 11.6 Å². The van der Waals surface area contributed by atoms with Gasteiger partial charge in [-0.05, 0) is 17.5 Å². The smallest absolute Gasteiger partial charge is 0.190 e. The van der Waals surface area contributed by atoms with Gasteiger partial charge in [-0.1, -0.05) is 11.8 Å². The van der Waals surface area contributed by atoms with Gasteiger partial charge in [-0.3, -0.25) is 0 Å². The molecule has 1 aliphatic heterocycles. The molecule has 16 heavy (non-hydrogen) atoms. The van der Waals surface area contributed by atoms with Gasteiger partial charge >= 0.3 is 0 Å². The van der Waals surface area contributed by atoms with Crippen LogP contribution in [0.2, 0.25) is 0 Å². The highest BCUT2D eigenvalue weighted by Crippen LogP contribution is 2.29. The van der Waals surface area contributed by atoms with E-state index in [2.05, 4.69) is 10.1 Å². The van der Waals surface area contributed by atoms with Gasteiger partial charge in [0.05, 0.1) is 7.11 Å². The van der Waals surface area contributed by atoms with Crippen molar-refractivity contribution in [2.45, 2.75) is 5.50 Å². The predicted octanol–water partition coefficient (Wildman–Crippen LogP) is 1.85. The topological polar surface area (TPSA) is 47.3 Å². The van der Waals surface area contributed by atoms with Crippen LogP contribution < -0.4 is 15.8 Å². The second-order valence-electron chi connectivity index (χ2n) is 3.21. The zero-order valence-corrected chi connectivity index (χ0v) is 9.28. The molecular formula is C10H10F2N2OS. The fourth-order valence-corrected chi connectivity index (χ4v) is 2.11. The standard InChI is InChI=1S/C10H10F2N2OS/c1-15-9-6(11)2-5(3-7(9)12)8-4-16-10(13)14-8/h2-4,10,14H,13H2,1H3. The summed E-state index contributed by atoms with van der Waals surface area (Å²) in [6, 6.07) is 2.42. The van der Waals surface area contributed by atoms with Crippen LogP contribution in [-0.2, 0) is 0 Å². The fourth-order valence-electron chi connectivity index (χ4n) is 1.42. The van der Waals surface area contributed by atoms with E-state index in [-0.39, 0.29) is 11.2 Å². The summed E-state index contributed by atoms with van der Waals surface area (Å²) < 4.78 is 31.4. The van der Waals surface area contributed by atoms with Gasteiger partial charge in [0.15, 0.2) is 17.4 Å². The first-order valence-electron chi connectivity index (χ1n) is 4.53. The van der Waals surface area contributed by atoms with Crippen molar-refractivity contribution >= 4 is 17.5 Å². The quantitative estimate of drug-likeness (QED) is 0.833. The number of methoxy groups -OCH3 is 1. The van der Waals surface area contributed by atoms with Crippen LogP contribution in [0.4, 0.5) is 8.78 Å². The molecule has 0 aliphatic carbocycles. The van der Waals surface area contributed by atoms with Crippen LogP contribution in [0.3, 0.4) is 0 Å². The molecule has 0 saturated heterocycles. The highest BCUT2D eigenvalue weighted by molar-refractivity contribution is 8.03. The van der Waals surface area contributed by atoms with Crippen LogP contribution in [-0.4, -0.2) is 12.6 Å². The second-order valence-corrected chi connectivity index (χ2v) is 4.22. The molecule has 1 atom stereocenters. The van der Waals surface area contributed by atoms with Crippen molar-refractivity contribution in [2.24, 2.45) is 5.73 Å². The molecule has 1 unspecified atom stereocenters. The summed E-state index contributed by atoms with van der Waals surface area (Å²) in [4.78, 5) is 0. The van der Waals surface area contributed by atoms with Gasteiger partial charge in [-0.25, -0.2) is 8.78 Å². The second kappa shape index (κ2) is 4.31. The number of ether oxygens (including phenoxy) is 1. The number of hydrogen-bond acceptors (Lipinski definition) is 4. The first-order chi connectivity index (χ1) is 7.61. The Hall–Kier alpha value is -1.27. The van der Waals surface area contributed by atoms with Crippen molar-refractivity contribution in [2.75, 3.05) is 7.11 Å². The molecule has 2 rings (SSSR count). The Morgan fingerprint density at radius 3 is 2.44 bits per heavy atom. The van der Waals surface area contributed by atoms with Gasteiger partial charge in [-0.2, -0.15) is 0 Å². The van der Waals surface area contributed by atoms with Gasteiger partial charge in [0, 0.05) is 11.3 Å². The van der Waals surface area contributed by atoms with Crippen molar-refractivity contribution in [3.05, 3.63) is 34.7 Å². The van der Waals surface area contributed by atoms with E-state index >= 15 is 0 Å². The monoisotopic (exact) mass is 244 g/mol. The molecule has 0 amide bonds. The maximum Gasteiger partial charge on any atom is 0.190 e. The predicted molar refractivity (Wildman–Crippen MR) is 59.6 cm³/mol. The Kier molecular flexibility index (Phi) is 3.02. The van der Waals surface area contributed by atoms with Crippen LogP contribution in [0.15, 0.2) is 17.5 Å². The Bertz CT molecular complexity index is 427. The zero-order chi connectivity index (χ0) is 11.7. The Balaban J connectivity index is 2.37. The molecule has 86 valence electrons. The molecular weight excluding hydrogens is 234 g/mol. The summed E-state index contributed by atoms with van der Waals surface area (Å²) in [6.07, 6.45) is 0. The summed E-state index contributed by atoms with van der Waals surface area (Å²) in [5, 5.41) is 4.62. The van der Waals surface area contributed by atoms with Gasteiger partial charge < -0.3 is 15.8 Å². The Labute approximate surface area is 95.7 Å². The number of halogens is 2. The molecule has 0 spiro atoms. The third-order valence-corrected chi connectivity index (χ3v) is 2.93. The van der Waals surface area contributed by atoms with Crippen molar-refractivity contribution in [1.29, 1.82) is 0 Å². The fraction of sp³-hybridized carbons (Fsp3) is 0.200. The largest absolute Gasteiger partial charge is 0.491 e. The molecule has 0 saturated carbocycles. The molecule has 0 bridgehead atoms. The van der Waals surface area contributed by atoms with Crippen LogP contribution in [0, 0.1) is 11.6 Å². The van der Waals surface area contributed by atoms with Gasteiger partial charge in [0.25, 0.3) is 0 Å². The van der Waals surface area contributed by atoms with E-state index in [9.17, 15) is 8.78 Å². The van der Waals surface area contributed by atoms with Crippen LogP contribution >= 0.6 is 11.8 Å². The Morgan fingerprint density at radius 2 is 2.00 bits per heavy atom. The van der Waals surface area contributed by atoms with E-state index in [1.165, 1.54) is 31.0 Å². The minimum Gasteiger partial charge on any atom is -0.491 e. The third kappa shape index (κ3) is 1.98. The number of rotatable bonds is 2. The van der Waals surface area contributed by atoms with Gasteiger partial charge in [0.1, 0.15) is 5.50 Å². The molecule has 0 radical (unpaired) electrons. The van der Waals surface area contributed by atoms with Gasteiger partial charge in [0.2, 0.25) is 0 Å². The molecule has 1 aromatic carbocycles. The third-order valence-electron chi connectivity index (χ3n) is 2.14. The highest BCUT2D eigenvalue weighted by Gasteiger charge is 2.18. The van der Waals surface area contributed by atoms with Crippen molar-refractivity contribution < 1.29 is 13.5 Å². The number of nitrogens with two attached hydrogens (primary N) is 1. The maximum absolute atomic E-state index is 13.4. The molecule has 6 heteroatoms. The number of benzene rings is 1. The van der Waals surface area contributed by atoms with E-state index in [0.717, 1.165) is 0 Å². The molecule has 3 N–H and O–H groups in total. The SMILES string of the molecule is COc1c(F)cc(C2=CSC(N)N2)cc1F. The average Bonchev–Trinajstić information content (AvgIpc) is 2.64. The summed E-state index contributed by atoms with van der Waals surface area (Å²) in [5.41, 5.74) is 6.33. The molecule has 1 aromatic rings. The lowest BCUT2D eigenvalue weighted by Gasteiger charge is -2.10. The molecule has 0 aromatic heterocycles. The molecule has 1 heterocycles. The van der Waals surface area contributed by atoms with Crippen LogP contribution in [0.1, 0.15) is 5.56 Å². The molecule has 1 aliphatic rings. The molecule has 3 nitrogen and oxygen atoms in total. The number of hydrogen-bond donors (Lipinski definition) is 2. The Morgan fingerprint density at radius 1 is 1.38 bits per heavy atom.